The second kappa shape index (κ2) is 10.7. The van der Waals surface area contributed by atoms with Crippen molar-refractivity contribution in [3.63, 3.8) is 0 Å². The van der Waals surface area contributed by atoms with Crippen LogP contribution in [0, 0.1) is 23.0 Å². The molecule has 2 atom stereocenters. The summed E-state index contributed by atoms with van der Waals surface area (Å²) in [5.74, 6) is -1.30. The van der Waals surface area contributed by atoms with Crippen molar-refractivity contribution in [1.29, 1.82) is 5.26 Å². The predicted molar refractivity (Wildman–Crippen MR) is 151 cm³/mol. The van der Waals surface area contributed by atoms with Crippen LogP contribution < -0.4 is 15.8 Å². The number of carbonyl (C=O) groups is 1. The van der Waals surface area contributed by atoms with Crippen molar-refractivity contribution in [2.24, 2.45) is 10.7 Å². The smallest absolute Gasteiger partial charge is 0.331 e. The third-order valence-electron chi connectivity index (χ3n) is 7.50. The molecule has 3 aliphatic heterocycles. The number of fused-ring (bicyclic) bond motifs is 2. The molecule has 0 saturated carbocycles. The highest BCUT2D eigenvalue weighted by atomic mass is 127. The summed E-state index contributed by atoms with van der Waals surface area (Å²) in [6, 6.07) is 7.97. The van der Waals surface area contributed by atoms with E-state index in [1.807, 2.05) is 0 Å². The molecule has 206 valence electrons. The van der Waals surface area contributed by atoms with Crippen LogP contribution in [0.1, 0.15) is 40.6 Å². The van der Waals surface area contributed by atoms with Crippen molar-refractivity contribution < 1.29 is 18.3 Å². The van der Waals surface area contributed by atoms with Gasteiger partial charge in [0.1, 0.15) is 11.5 Å². The van der Waals surface area contributed by atoms with E-state index in [1.54, 1.807) is 34.0 Å². The molecular formula is C27H25F2IN8O2. The van der Waals surface area contributed by atoms with Gasteiger partial charge in [0.15, 0.2) is 21.6 Å². The number of halogens is 3. The van der Waals surface area contributed by atoms with Gasteiger partial charge in [0.2, 0.25) is 0 Å². The Bertz CT molecular complexity index is 1590. The molecule has 4 heterocycles. The number of aromatic nitrogens is 2. The number of carbonyl (C=O) groups excluding carboxylic acids is 1. The molecule has 3 aliphatic rings. The number of urea groups is 1. The minimum atomic E-state index is -0.860. The molecule has 1 unspecified atom stereocenters. The molecule has 1 aromatic heterocycles. The number of nitriles is 1. The number of hydrogen-bond acceptors (Lipinski definition) is 7. The molecule has 3 N–H and O–H groups in total. The highest BCUT2D eigenvalue weighted by molar-refractivity contribution is 14.1. The fourth-order valence-corrected chi connectivity index (χ4v) is 6.34. The monoisotopic (exact) mass is 658 g/mol. The molecule has 2 fully saturated rings. The van der Waals surface area contributed by atoms with Crippen LogP contribution in [0.2, 0.25) is 0 Å². The van der Waals surface area contributed by atoms with Crippen molar-refractivity contribution in [3.8, 4) is 11.8 Å². The number of benzene rings is 2. The number of rotatable bonds is 4. The molecule has 40 heavy (non-hydrogen) atoms. The van der Waals surface area contributed by atoms with Gasteiger partial charge in [-0.1, -0.05) is 0 Å². The lowest BCUT2D eigenvalue weighted by Gasteiger charge is -2.34. The van der Waals surface area contributed by atoms with Crippen LogP contribution in [0.15, 0.2) is 53.5 Å². The van der Waals surface area contributed by atoms with Crippen LogP contribution in [0.5, 0.6) is 5.75 Å². The van der Waals surface area contributed by atoms with Gasteiger partial charge in [0, 0.05) is 18.7 Å². The lowest BCUT2D eigenvalue weighted by atomic mass is 9.98. The Hall–Kier alpha value is -3.77. The fraction of sp³-hybridized carbons (Fsp3) is 0.333. The number of ether oxygens (including phenoxy) is 1. The summed E-state index contributed by atoms with van der Waals surface area (Å²) in [7, 11) is 0. The summed E-state index contributed by atoms with van der Waals surface area (Å²) in [5.41, 5.74) is 8.38. The summed E-state index contributed by atoms with van der Waals surface area (Å²) in [6.45, 7) is 1.56. The van der Waals surface area contributed by atoms with E-state index in [2.05, 4.69) is 39.0 Å². The zero-order valence-electron chi connectivity index (χ0n) is 21.2. The number of aliphatic imine (C=N–C) groups is 1. The Labute approximate surface area is 242 Å². The third-order valence-corrected chi connectivity index (χ3v) is 8.38. The standard InChI is InChI=1S/C27H25F2IN8O2/c28-17-2-3-18(29)24-23(17)20(7-10-40-24)38-25(22(13-32)37(27(38)39)16-5-8-33-9-6-16)35-26(30)36-14-34-19-4-1-15(12-31)11-21(19)36/h1-4,11,13-14,16,20,26,33H,5-10,32H2/b22-13+,35-25+/t20-,26?/m1/s1. The number of alkyl halides is 1. The summed E-state index contributed by atoms with van der Waals surface area (Å²) >= 11 is 2.11. The maximum Gasteiger partial charge on any atom is 0.331 e. The largest absolute Gasteiger partial charge is 0.490 e. The molecule has 2 saturated heterocycles. The molecular weight excluding hydrogens is 633 g/mol. The summed E-state index contributed by atoms with van der Waals surface area (Å²) in [6.07, 6.45) is 4.61. The number of nitrogens with two attached hydrogens (primary N) is 1. The van der Waals surface area contributed by atoms with Crippen LogP contribution in [0.25, 0.3) is 11.0 Å². The first-order chi connectivity index (χ1) is 19.4. The average molecular weight is 658 g/mol. The lowest BCUT2D eigenvalue weighted by Crippen LogP contribution is -2.45. The van der Waals surface area contributed by atoms with E-state index < -0.39 is 27.9 Å². The van der Waals surface area contributed by atoms with Crippen LogP contribution in [-0.4, -0.2) is 57.0 Å². The van der Waals surface area contributed by atoms with E-state index in [0.717, 1.165) is 25.2 Å². The lowest BCUT2D eigenvalue weighted by molar-refractivity contribution is 0.152. The molecule has 6 rings (SSSR count). The fourth-order valence-electron chi connectivity index (χ4n) is 5.63. The Morgan fingerprint density at radius 3 is 2.73 bits per heavy atom. The van der Waals surface area contributed by atoms with Crippen LogP contribution in [0.4, 0.5) is 13.6 Å². The summed E-state index contributed by atoms with van der Waals surface area (Å²) < 4.78 is 36.6. The van der Waals surface area contributed by atoms with E-state index in [-0.39, 0.29) is 36.2 Å². The predicted octanol–water partition coefficient (Wildman–Crippen LogP) is 4.29. The summed E-state index contributed by atoms with van der Waals surface area (Å²) in [5, 5.41) is 12.7. The normalized spacial score (nSPS) is 22.6. The number of nitrogens with zero attached hydrogens (tertiary/aromatic N) is 6. The van der Waals surface area contributed by atoms with Gasteiger partial charge < -0.3 is 15.8 Å². The van der Waals surface area contributed by atoms with Crippen molar-refractivity contribution in [1.82, 2.24) is 24.7 Å². The molecule has 0 radical (unpaired) electrons. The maximum atomic E-state index is 15.2. The van der Waals surface area contributed by atoms with E-state index in [0.29, 0.717) is 35.1 Å². The molecule has 10 nitrogen and oxygen atoms in total. The number of imidazole rings is 1. The maximum absolute atomic E-state index is 15.2. The first-order valence-corrected chi connectivity index (χ1v) is 14.1. The first-order valence-electron chi connectivity index (χ1n) is 12.9. The minimum absolute atomic E-state index is 0.0208. The third kappa shape index (κ3) is 4.35. The number of amides is 2. The van der Waals surface area contributed by atoms with Crippen LogP contribution in [0.3, 0.4) is 0 Å². The van der Waals surface area contributed by atoms with E-state index in [9.17, 15) is 14.4 Å². The zero-order chi connectivity index (χ0) is 28.0. The molecule has 2 amide bonds. The van der Waals surface area contributed by atoms with Crippen LogP contribution in [-0.2, 0) is 0 Å². The van der Waals surface area contributed by atoms with Crippen molar-refractivity contribution in [3.05, 3.63) is 71.3 Å². The van der Waals surface area contributed by atoms with Crippen LogP contribution >= 0.6 is 22.6 Å². The second-order valence-electron chi connectivity index (χ2n) is 9.71. The highest BCUT2D eigenvalue weighted by Gasteiger charge is 2.48. The van der Waals surface area contributed by atoms with Gasteiger partial charge in [0.05, 0.1) is 47.2 Å². The average Bonchev–Trinajstić information content (AvgIpc) is 3.52. The second-order valence-corrected chi connectivity index (χ2v) is 10.8. The van der Waals surface area contributed by atoms with E-state index in [4.69, 9.17) is 15.5 Å². The number of piperidine rings is 1. The topological polar surface area (TPSA) is 125 Å². The zero-order valence-corrected chi connectivity index (χ0v) is 23.4. The Balaban J connectivity index is 1.49. The van der Waals surface area contributed by atoms with Gasteiger partial charge >= 0.3 is 6.03 Å². The van der Waals surface area contributed by atoms with Crippen molar-refractivity contribution in [2.45, 2.75) is 35.5 Å². The molecule has 0 aliphatic carbocycles. The summed E-state index contributed by atoms with van der Waals surface area (Å²) in [4.78, 5) is 26.6. The van der Waals surface area contributed by atoms with Crippen molar-refractivity contribution in [2.75, 3.05) is 19.7 Å². The van der Waals surface area contributed by atoms with E-state index >= 15 is 4.39 Å². The van der Waals surface area contributed by atoms with Gasteiger partial charge in [-0.05, 0) is 78.9 Å². The Kier molecular flexibility index (Phi) is 7.05. The molecule has 3 aromatic rings. The van der Waals surface area contributed by atoms with E-state index in [1.165, 1.54) is 11.1 Å². The van der Waals surface area contributed by atoms with Gasteiger partial charge in [-0.15, -0.1) is 0 Å². The quantitative estimate of drug-likeness (QED) is 0.245. The van der Waals surface area contributed by atoms with Gasteiger partial charge in [0.25, 0.3) is 0 Å². The van der Waals surface area contributed by atoms with Gasteiger partial charge in [-0.2, -0.15) is 5.26 Å². The number of nitrogens with one attached hydrogen (secondary N) is 1. The first kappa shape index (κ1) is 26.5. The minimum Gasteiger partial charge on any atom is -0.490 e. The Morgan fingerprint density at radius 2 is 1.98 bits per heavy atom. The number of hydrogen-bond donors (Lipinski definition) is 2. The molecule has 13 heteroatoms. The Morgan fingerprint density at radius 1 is 1.20 bits per heavy atom. The van der Waals surface area contributed by atoms with Gasteiger partial charge in [-0.25, -0.2) is 23.6 Å². The van der Waals surface area contributed by atoms with Gasteiger partial charge in [-0.3, -0.25) is 14.4 Å². The van der Waals surface area contributed by atoms with Crippen molar-refractivity contribution >= 4 is 45.5 Å². The highest BCUT2D eigenvalue weighted by Crippen LogP contribution is 2.44. The molecule has 0 spiro atoms. The number of amidine groups is 1. The molecule has 0 bridgehead atoms. The molecule has 2 aromatic carbocycles. The SMILES string of the molecule is N#Cc1ccc2ncn(C(I)/N=C3\C(=C/N)N(C4CCNCC4)C(=O)N3[C@@H]3CCOc4c(F)ccc(F)c43)c2c1.